The van der Waals surface area contributed by atoms with Gasteiger partial charge in [-0.05, 0) is 25.7 Å². The van der Waals surface area contributed by atoms with Gasteiger partial charge < -0.3 is 4.74 Å². The van der Waals surface area contributed by atoms with Gasteiger partial charge in [0, 0.05) is 6.61 Å². The number of ether oxygens (including phenoxy) is 1. The molecule has 0 spiro atoms. The van der Waals surface area contributed by atoms with Crippen LogP contribution in [0.1, 0.15) is 46.0 Å². The molecule has 1 nitrogen and oxygen atoms in total. The topological polar surface area (TPSA) is 9.23 Å². The van der Waals surface area contributed by atoms with Gasteiger partial charge in [-0.1, -0.05) is 20.3 Å². The summed E-state index contributed by atoms with van der Waals surface area (Å²) in [5, 5.41) is 0. The van der Waals surface area contributed by atoms with Crippen molar-refractivity contribution in [2.45, 2.75) is 51.6 Å². The molecule has 0 aromatic heterocycles. The fourth-order valence-electron chi connectivity index (χ4n) is 1.86. The summed E-state index contributed by atoms with van der Waals surface area (Å²) in [6.45, 7) is 5.47. The van der Waals surface area contributed by atoms with Crippen molar-refractivity contribution in [3.8, 4) is 0 Å². The Morgan fingerprint density at radius 2 is 2.20 bits per heavy atom. The second-order valence-electron chi connectivity index (χ2n) is 3.24. The van der Waals surface area contributed by atoms with Crippen molar-refractivity contribution in [3.05, 3.63) is 0 Å². The first-order chi connectivity index (χ1) is 4.83. The molecule has 1 atom stereocenters. The summed E-state index contributed by atoms with van der Waals surface area (Å²) in [7, 11) is 0. The Hall–Kier alpha value is -0.0400. The van der Waals surface area contributed by atoms with Crippen LogP contribution in [0.5, 0.6) is 0 Å². The van der Waals surface area contributed by atoms with Crippen LogP contribution in [0.3, 0.4) is 0 Å². The highest BCUT2D eigenvalue weighted by atomic mass is 16.5. The minimum absolute atomic E-state index is 0.286. The van der Waals surface area contributed by atoms with Crippen LogP contribution in [0, 0.1) is 0 Å². The molecule has 0 amide bonds. The maximum absolute atomic E-state index is 5.73. The quantitative estimate of drug-likeness (QED) is 0.588. The predicted octanol–water partition coefficient (Wildman–Crippen LogP) is 2.75. The molecule has 0 N–H and O–H groups in total. The van der Waals surface area contributed by atoms with Gasteiger partial charge >= 0.3 is 0 Å². The third-order valence-corrected chi connectivity index (χ3v) is 2.53. The summed E-state index contributed by atoms with van der Waals surface area (Å²) in [4.78, 5) is 0. The Bertz CT molecular complexity index is 92.9. The molecule has 0 aromatic carbocycles. The molecule has 0 aromatic rings. The lowest BCUT2D eigenvalue weighted by atomic mass is 9.92. The average Bonchev–Trinajstić information content (AvgIpc) is 2.39. The normalized spacial score (nSPS) is 33.0. The Labute approximate surface area is 63.8 Å². The van der Waals surface area contributed by atoms with E-state index >= 15 is 0 Å². The summed E-state index contributed by atoms with van der Waals surface area (Å²) in [6, 6.07) is 0. The van der Waals surface area contributed by atoms with E-state index in [0.717, 1.165) is 6.61 Å². The third-order valence-electron chi connectivity index (χ3n) is 2.53. The zero-order chi connectivity index (χ0) is 7.45. The third kappa shape index (κ3) is 1.51. The first-order valence-corrected chi connectivity index (χ1v) is 4.47. The van der Waals surface area contributed by atoms with Crippen LogP contribution < -0.4 is 0 Å². The van der Waals surface area contributed by atoms with Crippen molar-refractivity contribution in [1.29, 1.82) is 0 Å². The van der Waals surface area contributed by atoms with Crippen molar-refractivity contribution in [1.82, 2.24) is 0 Å². The van der Waals surface area contributed by atoms with Crippen LogP contribution in [-0.4, -0.2) is 12.2 Å². The van der Waals surface area contributed by atoms with E-state index in [0.29, 0.717) is 0 Å². The largest absolute Gasteiger partial charge is 0.375 e. The molecule has 1 heterocycles. The van der Waals surface area contributed by atoms with Crippen LogP contribution in [0.2, 0.25) is 0 Å². The highest BCUT2D eigenvalue weighted by Crippen LogP contribution is 2.32. The van der Waals surface area contributed by atoms with Gasteiger partial charge in [0.05, 0.1) is 5.60 Å². The van der Waals surface area contributed by atoms with E-state index in [4.69, 9.17) is 4.74 Å². The monoisotopic (exact) mass is 142 g/mol. The minimum Gasteiger partial charge on any atom is -0.375 e. The molecule has 0 saturated carbocycles. The minimum atomic E-state index is 0.286. The van der Waals surface area contributed by atoms with Gasteiger partial charge in [-0.3, -0.25) is 0 Å². The molecule has 0 aliphatic carbocycles. The van der Waals surface area contributed by atoms with Gasteiger partial charge in [-0.2, -0.15) is 0 Å². The van der Waals surface area contributed by atoms with Crippen molar-refractivity contribution in [2.75, 3.05) is 6.61 Å². The molecule has 0 unspecified atom stereocenters. The fraction of sp³-hybridized carbons (Fsp3) is 1.00. The maximum atomic E-state index is 5.73. The van der Waals surface area contributed by atoms with E-state index in [-0.39, 0.29) is 5.60 Å². The Balaban J connectivity index is 2.41. The average molecular weight is 142 g/mol. The van der Waals surface area contributed by atoms with Crippen LogP contribution in [0.15, 0.2) is 0 Å². The lowest BCUT2D eigenvalue weighted by molar-refractivity contribution is -0.00631. The van der Waals surface area contributed by atoms with Crippen molar-refractivity contribution < 1.29 is 4.74 Å². The highest BCUT2D eigenvalue weighted by molar-refractivity contribution is 4.82. The second-order valence-corrected chi connectivity index (χ2v) is 3.24. The lowest BCUT2D eigenvalue weighted by Crippen LogP contribution is -2.25. The van der Waals surface area contributed by atoms with E-state index < -0.39 is 0 Å². The summed E-state index contributed by atoms with van der Waals surface area (Å²) in [6.07, 6.45) is 6.27. The standard InChI is InChI=1S/C9H18O/c1-3-6-9(4-2)7-5-8-10-9/h3-8H2,1-2H3/t9-/m1/s1. The van der Waals surface area contributed by atoms with Gasteiger partial charge in [-0.15, -0.1) is 0 Å². The lowest BCUT2D eigenvalue weighted by Gasteiger charge is -2.25. The fourth-order valence-corrected chi connectivity index (χ4v) is 1.86. The summed E-state index contributed by atoms with van der Waals surface area (Å²) in [5.41, 5.74) is 0.286. The van der Waals surface area contributed by atoms with E-state index in [9.17, 15) is 0 Å². The maximum Gasteiger partial charge on any atom is 0.0680 e. The summed E-state index contributed by atoms with van der Waals surface area (Å²) >= 11 is 0. The van der Waals surface area contributed by atoms with Gasteiger partial charge in [0.15, 0.2) is 0 Å². The van der Waals surface area contributed by atoms with Crippen molar-refractivity contribution >= 4 is 0 Å². The van der Waals surface area contributed by atoms with Crippen LogP contribution in [0.25, 0.3) is 0 Å². The van der Waals surface area contributed by atoms with E-state index in [1.165, 1.54) is 32.1 Å². The van der Waals surface area contributed by atoms with Gasteiger partial charge in [0.2, 0.25) is 0 Å². The van der Waals surface area contributed by atoms with Crippen LogP contribution in [-0.2, 0) is 4.74 Å². The molecular weight excluding hydrogens is 124 g/mol. The Kier molecular flexibility index (Phi) is 2.72. The molecule has 1 fully saturated rings. The SMILES string of the molecule is CCC[C@]1(CC)CCCO1. The first-order valence-electron chi connectivity index (χ1n) is 4.47. The summed E-state index contributed by atoms with van der Waals surface area (Å²) < 4.78 is 5.73. The van der Waals surface area contributed by atoms with Gasteiger partial charge in [-0.25, -0.2) is 0 Å². The van der Waals surface area contributed by atoms with E-state index in [2.05, 4.69) is 13.8 Å². The predicted molar refractivity (Wildman–Crippen MR) is 43.1 cm³/mol. The Morgan fingerprint density at radius 3 is 2.60 bits per heavy atom. The second kappa shape index (κ2) is 3.38. The number of hydrogen-bond donors (Lipinski definition) is 0. The van der Waals surface area contributed by atoms with Crippen LogP contribution in [0.4, 0.5) is 0 Å². The first kappa shape index (κ1) is 8.06. The van der Waals surface area contributed by atoms with Gasteiger partial charge in [0.25, 0.3) is 0 Å². The molecule has 10 heavy (non-hydrogen) atoms. The molecule has 1 aliphatic rings. The number of rotatable bonds is 3. The molecule has 1 aliphatic heterocycles. The molecule has 0 bridgehead atoms. The smallest absolute Gasteiger partial charge is 0.0680 e. The molecule has 0 radical (unpaired) electrons. The van der Waals surface area contributed by atoms with E-state index in [1.807, 2.05) is 0 Å². The van der Waals surface area contributed by atoms with Crippen molar-refractivity contribution in [3.63, 3.8) is 0 Å². The summed E-state index contributed by atoms with van der Waals surface area (Å²) in [5.74, 6) is 0. The highest BCUT2D eigenvalue weighted by Gasteiger charge is 2.31. The molecule has 1 saturated heterocycles. The van der Waals surface area contributed by atoms with Crippen LogP contribution >= 0.6 is 0 Å². The number of hydrogen-bond acceptors (Lipinski definition) is 1. The van der Waals surface area contributed by atoms with E-state index in [1.54, 1.807) is 0 Å². The molecule has 1 rings (SSSR count). The zero-order valence-corrected chi connectivity index (χ0v) is 7.15. The van der Waals surface area contributed by atoms with Crippen molar-refractivity contribution in [2.24, 2.45) is 0 Å². The van der Waals surface area contributed by atoms with Gasteiger partial charge in [0.1, 0.15) is 0 Å². The molecular formula is C9H18O. The zero-order valence-electron chi connectivity index (χ0n) is 7.15. The Morgan fingerprint density at radius 1 is 1.40 bits per heavy atom. The molecule has 1 heteroatoms. The molecule has 60 valence electrons.